The molecule has 3 N–H and O–H groups in total. The highest BCUT2D eigenvalue weighted by Crippen LogP contribution is 2.18. The third kappa shape index (κ3) is 9.62. The molecule has 0 radical (unpaired) electrons. The number of guanidine groups is 1. The number of nitrogens with zero attached hydrogens (tertiary/aromatic N) is 1. The van der Waals surface area contributed by atoms with Crippen LogP contribution in [0.1, 0.15) is 39.3 Å². The predicted molar refractivity (Wildman–Crippen MR) is 107 cm³/mol. The maximum atomic E-state index is 11.1. The molecule has 7 nitrogen and oxygen atoms in total. The van der Waals surface area contributed by atoms with Gasteiger partial charge in [0.25, 0.3) is 0 Å². The number of hydrogen-bond donors (Lipinski definition) is 3. The summed E-state index contributed by atoms with van der Waals surface area (Å²) in [5.74, 6) is 2.00. The average molecular weight is 385 g/mol. The first-order valence-corrected chi connectivity index (χ1v) is 10.8. The molecule has 0 bridgehead atoms. The smallest absolute Gasteiger partial charge is 0.208 e. The largest absolute Gasteiger partial charge is 0.493 e. The van der Waals surface area contributed by atoms with Gasteiger partial charge in [0.05, 0.1) is 25.4 Å². The molecule has 1 rings (SSSR count). The Labute approximate surface area is 157 Å². The fourth-order valence-electron chi connectivity index (χ4n) is 2.12. The van der Waals surface area contributed by atoms with Gasteiger partial charge in [-0.1, -0.05) is 26.0 Å². The first-order valence-electron chi connectivity index (χ1n) is 8.93. The zero-order valence-corrected chi connectivity index (χ0v) is 17.2. The second-order valence-electron chi connectivity index (χ2n) is 6.57. The van der Waals surface area contributed by atoms with Gasteiger partial charge in [-0.3, -0.25) is 4.99 Å². The lowest BCUT2D eigenvalue weighted by Gasteiger charge is -2.18. The molecule has 0 aliphatic carbocycles. The van der Waals surface area contributed by atoms with E-state index in [-0.39, 0.29) is 12.6 Å². The highest BCUT2D eigenvalue weighted by Gasteiger charge is 2.08. The molecule has 0 spiro atoms. The lowest BCUT2D eigenvalue weighted by Crippen LogP contribution is -2.39. The molecule has 0 saturated heterocycles. The lowest BCUT2D eigenvalue weighted by atomic mass is 10.1. The Bertz CT molecular complexity index is 658. The zero-order valence-electron chi connectivity index (χ0n) is 16.4. The Hall–Kier alpha value is -1.80. The quantitative estimate of drug-likeness (QED) is 0.325. The molecular formula is C18H32N4O3S. The molecule has 0 amide bonds. The summed E-state index contributed by atoms with van der Waals surface area (Å²) >= 11 is 0. The van der Waals surface area contributed by atoms with Gasteiger partial charge < -0.3 is 15.4 Å². The maximum absolute atomic E-state index is 11.1. The Morgan fingerprint density at radius 1 is 1.19 bits per heavy atom. The summed E-state index contributed by atoms with van der Waals surface area (Å²) in [5.41, 5.74) is 1.11. The molecule has 1 unspecified atom stereocenters. The summed E-state index contributed by atoms with van der Waals surface area (Å²) in [6.07, 6.45) is 1.14. The van der Waals surface area contributed by atoms with Crippen LogP contribution in [0.15, 0.2) is 29.3 Å². The molecule has 0 fully saturated rings. The SMILES string of the molecule is CCNC(=NCCNS(C)(=O)=O)NC(C)c1ccc(OCC(C)C)cc1. The molecule has 148 valence electrons. The van der Waals surface area contributed by atoms with Crippen LogP contribution in [-0.4, -0.2) is 46.9 Å². The highest BCUT2D eigenvalue weighted by atomic mass is 32.2. The van der Waals surface area contributed by atoms with Crippen molar-refractivity contribution in [2.45, 2.75) is 33.7 Å². The topological polar surface area (TPSA) is 91.8 Å². The van der Waals surface area contributed by atoms with Crippen molar-refractivity contribution in [1.29, 1.82) is 0 Å². The summed E-state index contributed by atoms with van der Waals surface area (Å²) in [7, 11) is -3.19. The molecule has 1 aromatic rings. The average Bonchev–Trinajstić information content (AvgIpc) is 2.56. The van der Waals surface area contributed by atoms with E-state index >= 15 is 0 Å². The van der Waals surface area contributed by atoms with Crippen molar-refractivity contribution in [3.05, 3.63) is 29.8 Å². The molecule has 0 aliphatic heterocycles. The highest BCUT2D eigenvalue weighted by molar-refractivity contribution is 7.88. The van der Waals surface area contributed by atoms with Crippen LogP contribution in [0.5, 0.6) is 5.75 Å². The Morgan fingerprint density at radius 3 is 2.38 bits per heavy atom. The summed E-state index contributed by atoms with van der Waals surface area (Å²) in [6.45, 7) is 10.3. The molecule has 26 heavy (non-hydrogen) atoms. The van der Waals surface area contributed by atoms with Gasteiger partial charge in [-0.15, -0.1) is 0 Å². The molecule has 1 atom stereocenters. The zero-order chi connectivity index (χ0) is 19.6. The van der Waals surface area contributed by atoms with E-state index in [4.69, 9.17) is 4.74 Å². The standard InChI is InChI=1S/C18H32N4O3S/c1-6-19-18(20-11-12-21-26(5,23)24)22-15(4)16-7-9-17(10-8-16)25-13-14(2)3/h7-10,14-15,21H,6,11-13H2,1-5H3,(H2,19,20,22). The van der Waals surface area contributed by atoms with Crippen molar-refractivity contribution in [2.75, 3.05) is 32.5 Å². The van der Waals surface area contributed by atoms with Crippen LogP contribution in [0.25, 0.3) is 0 Å². The van der Waals surface area contributed by atoms with Crippen molar-refractivity contribution in [3.63, 3.8) is 0 Å². The van der Waals surface area contributed by atoms with Gasteiger partial charge in [0.1, 0.15) is 5.75 Å². The normalized spacial score (nSPS) is 13.5. The van der Waals surface area contributed by atoms with E-state index in [9.17, 15) is 8.42 Å². The van der Waals surface area contributed by atoms with Gasteiger partial charge >= 0.3 is 0 Å². The maximum Gasteiger partial charge on any atom is 0.208 e. The van der Waals surface area contributed by atoms with Crippen LogP contribution in [0.3, 0.4) is 0 Å². The summed E-state index contributed by atoms with van der Waals surface area (Å²) in [4.78, 5) is 4.39. The molecule has 1 aromatic carbocycles. The third-order valence-corrected chi connectivity index (χ3v) is 4.14. The van der Waals surface area contributed by atoms with E-state index in [1.165, 1.54) is 0 Å². The van der Waals surface area contributed by atoms with Gasteiger partial charge in [0, 0.05) is 13.1 Å². The van der Waals surface area contributed by atoms with Crippen molar-refractivity contribution < 1.29 is 13.2 Å². The van der Waals surface area contributed by atoms with Crippen molar-refractivity contribution in [1.82, 2.24) is 15.4 Å². The Balaban J connectivity index is 2.61. The van der Waals surface area contributed by atoms with Crippen LogP contribution in [0, 0.1) is 5.92 Å². The van der Waals surface area contributed by atoms with Crippen LogP contribution in [0.2, 0.25) is 0 Å². The molecular weight excluding hydrogens is 352 g/mol. The minimum absolute atomic E-state index is 0.0508. The molecule has 8 heteroatoms. The summed E-state index contributed by atoms with van der Waals surface area (Å²) < 4.78 is 30.3. The van der Waals surface area contributed by atoms with Crippen LogP contribution >= 0.6 is 0 Å². The van der Waals surface area contributed by atoms with E-state index in [1.54, 1.807) is 0 Å². The number of hydrogen-bond acceptors (Lipinski definition) is 4. The Kier molecular flexibility index (Phi) is 9.43. The summed E-state index contributed by atoms with van der Waals surface area (Å²) in [5, 5.41) is 6.48. The second kappa shape index (κ2) is 11.0. The van der Waals surface area contributed by atoms with E-state index in [0.29, 0.717) is 25.0 Å². The van der Waals surface area contributed by atoms with Gasteiger partial charge in [-0.2, -0.15) is 0 Å². The summed E-state index contributed by atoms with van der Waals surface area (Å²) in [6, 6.07) is 8.05. The fourth-order valence-corrected chi connectivity index (χ4v) is 2.58. The first kappa shape index (κ1) is 22.2. The molecule has 0 saturated carbocycles. The predicted octanol–water partition coefficient (Wildman–Crippen LogP) is 1.89. The van der Waals surface area contributed by atoms with E-state index in [2.05, 4.69) is 34.2 Å². The van der Waals surface area contributed by atoms with Gasteiger partial charge in [0.15, 0.2) is 5.96 Å². The van der Waals surface area contributed by atoms with Gasteiger partial charge in [-0.25, -0.2) is 13.1 Å². The van der Waals surface area contributed by atoms with Crippen molar-refractivity contribution in [2.24, 2.45) is 10.9 Å². The lowest BCUT2D eigenvalue weighted by molar-refractivity contribution is 0.271. The van der Waals surface area contributed by atoms with E-state index in [0.717, 1.165) is 24.1 Å². The minimum atomic E-state index is -3.19. The number of ether oxygens (including phenoxy) is 1. The van der Waals surface area contributed by atoms with Crippen LogP contribution in [0.4, 0.5) is 0 Å². The van der Waals surface area contributed by atoms with E-state index < -0.39 is 10.0 Å². The molecule has 0 heterocycles. The van der Waals surface area contributed by atoms with Crippen LogP contribution < -0.4 is 20.1 Å². The van der Waals surface area contributed by atoms with Crippen molar-refractivity contribution in [3.8, 4) is 5.75 Å². The number of benzene rings is 1. The monoisotopic (exact) mass is 384 g/mol. The van der Waals surface area contributed by atoms with Gasteiger partial charge in [0.2, 0.25) is 10.0 Å². The minimum Gasteiger partial charge on any atom is -0.493 e. The fraction of sp³-hybridized carbons (Fsp3) is 0.611. The second-order valence-corrected chi connectivity index (χ2v) is 8.40. The van der Waals surface area contributed by atoms with Gasteiger partial charge in [-0.05, 0) is 37.5 Å². The number of rotatable bonds is 10. The van der Waals surface area contributed by atoms with E-state index in [1.807, 2.05) is 38.1 Å². The molecule has 0 aliphatic rings. The first-order chi connectivity index (χ1) is 12.2. The Morgan fingerprint density at radius 2 is 1.85 bits per heavy atom. The molecule has 0 aromatic heterocycles. The number of sulfonamides is 1. The van der Waals surface area contributed by atoms with Crippen LogP contribution in [-0.2, 0) is 10.0 Å². The third-order valence-electron chi connectivity index (χ3n) is 3.41. The van der Waals surface area contributed by atoms with Crippen molar-refractivity contribution >= 4 is 16.0 Å². The number of nitrogens with one attached hydrogen (secondary N) is 3. The number of aliphatic imine (C=N–C) groups is 1.